The van der Waals surface area contributed by atoms with Gasteiger partial charge in [-0.15, -0.1) is 0 Å². The van der Waals surface area contributed by atoms with E-state index in [1.54, 1.807) is 13.0 Å². The van der Waals surface area contributed by atoms with Crippen molar-refractivity contribution in [2.75, 3.05) is 7.05 Å². The number of halogens is 4. The summed E-state index contributed by atoms with van der Waals surface area (Å²) in [5, 5.41) is 2.77. The second-order valence-corrected chi connectivity index (χ2v) is 5.31. The minimum atomic E-state index is -0.896. The maximum atomic E-state index is 14.2. The molecule has 0 saturated heterocycles. The molecular formula is C15H13BrF3N. The first-order chi connectivity index (χ1) is 9.47. The molecule has 0 aliphatic rings. The van der Waals surface area contributed by atoms with Crippen LogP contribution in [0, 0.1) is 24.4 Å². The van der Waals surface area contributed by atoms with Gasteiger partial charge in [0.05, 0.1) is 10.5 Å². The van der Waals surface area contributed by atoms with Crippen molar-refractivity contribution in [2.24, 2.45) is 0 Å². The molecule has 1 atom stereocenters. The van der Waals surface area contributed by atoms with Gasteiger partial charge in [-0.1, -0.05) is 18.2 Å². The van der Waals surface area contributed by atoms with Crippen LogP contribution in [0.4, 0.5) is 13.2 Å². The number of nitrogens with one attached hydrogen (secondary N) is 1. The number of hydrogen-bond acceptors (Lipinski definition) is 1. The van der Waals surface area contributed by atoms with E-state index < -0.39 is 23.5 Å². The van der Waals surface area contributed by atoms with E-state index in [1.807, 2.05) is 0 Å². The van der Waals surface area contributed by atoms with Crippen LogP contribution in [-0.4, -0.2) is 7.05 Å². The lowest BCUT2D eigenvalue weighted by molar-refractivity contribution is 0.503. The summed E-state index contributed by atoms with van der Waals surface area (Å²) in [5.41, 5.74) is 0.326. The Morgan fingerprint density at radius 1 is 1.05 bits per heavy atom. The first-order valence-corrected chi connectivity index (χ1v) is 6.82. The molecule has 1 N–H and O–H groups in total. The first-order valence-electron chi connectivity index (χ1n) is 6.03. The SMILES string of the molecule is CNC(c1cccc(Br)c1F)c1c(F)ccc(C)c1F. The highest BCUT2D eigenvalue weighted by Gasteiger charge is 2.24. The third-order valence-corrected chi connectivity index (χ3v) is 3.80. The van der Waals surface area contributed by atoms with Crippen molar-refractivity contribution in [3.8, 4) is 0 Å². The zero-order valence-electron chi connectivity index (χ0n) is 11.0. The van der Waals surface area contributed by atoms with Crippen LogP contribution in [0.2, 0.25) is 0 Å². The van der Waals surface area contributed by atoms with Gasteiger partial charge in [0.25, 0.3) is 0 Å². The molecule has 2 aromatic rings. The average molecular weight is 344 g/mol. The fraction of sp³-hybridized carbons (Fsp3) is 0.200. The minimum Gasteiger partial charge on any atom is -0.309 e. The Morgan fingerprint density at radius 2 is 1.75 bits per heavy atom. The van der Waals surface area contributed by atoms with Crippen molar-refractivity contribution in [3.63, 3.8) is 0 Å². The van der Waals surface area contributed by atoms with Crippen LogP contribution in [0.3, 0.4) is 0 Å². The van der Waals surface area contributed by atoms with Crippen LogP contribution in [0.15, 0.2) is 34.8 Å². The molecule has 0 heterocycles. The second-order valence-electron chi connectivity index (χ2n) is 4.46. The Balaban J connectivity index is 2.65. The molecule has 1 unspecified atom stereocenters. The fourth-order valence-electron chi connectivity index (χ4n) is 2.14. The third-order valence-electron chi connectivity index (χ3n) is 3.19. The predicted octanol–water partition coefficient (Wildman–Crippen LogP) is 4.48. The van der Waals surface area contributed by atoms with E-state index in [1.165, 1.54) is 31.3 Å². The van der Waals surface area contributed by atoms with E-state index in [0.717, 1.165) is 0 Å². The van der Waals surface area contributed by atoms with Crippen LogP contribution in [0.25, 0.3) is 0 Å². The first kappa shape index (κ1) is 15.1. The summed E-state index contributed by atoms with van der Waals surface area (Å²) in [6.45, 7) is 1.54. The van der Waals surface area contributed by atoms with Gasteiger partial charge in [0, 0.05) is 11.1 Å². The van der Waals surface area contributed by atoms with Crippen molar-refractivity contribution in [1.29, 1.82) is 0 Å². The number of hydrogen-bond donors (Lipinski definition) is 1. The van der Waals surface area contributed by atoms with Gasteiger partial charge in [0.1, 0.15) is 17.5 Å². The second kappa shape index (κ2) is 5.97. The summed E-state index contributed by atoms with van der Waals surface area (Å²) < 4.78 is 42.6. The Morgan fingerprint density at radius 3 is 2.40 bits per heavy atom. The van der Waals surface area contributed by atoms with Gasteiger partial charge >= 0.3 is 0 Å². The van der Waals surface area contributed by atoms with Crippen molar-refractivity contribution >= 4 is 15.9 Å². The van der Waals surface area contributed by atoms with E-state index in [0.29, 0.717) is 5.56 Å². The van der Waals surface area contributed by atoms with Gasteiger partial charge in [-0.05, 0) is 47.6 Å². The summed E-state index contributed by atoms with van der Waals surface area (Å²) in [6, 6.07) is 6.31. The molecule has 2 rings (SSSR count). The summed E-state index contributed by atoms with van der Waals surface area (Å²) in [7, 11) is 1.53. The third kappa shape index (κ3) is 2.60. The Kier molecular flexibility index (Phi) is 4.50. The molecule has 106 valence electrons. The molecule has 0 bridgehead atoms. The Bertz CT molecular complexity index is 643. The van der Waals surface area contributed by atoms with Crippen LogP contribution < -0.4 is 5.32 Å². The topological polar surface area (TPSA) is 12.0 Å². The van der Waals surface area contributed by atoms with Gasteiger partial charge in [-0.2, -0.15) is 0 Å². The smallest absolute Gasteiger partial charge is 0.142 e. The molecule has 0 aliphatic heterocycles. The number of rotatable bonds is 3. The summed E-state index contributed by atoms with van der Waals surface area (Å²) >= 11 is 3.08. The van der Waals surface area contributed by atoms with Crippen LogP contribution in [0.1, 0.15) is 22.7 Å². The average Bonchev–Trinajstić information content (AvgIpc) is 2.43. The molecule has 20 heavy (non-hydrogen) atoms. The van der Waals surface area contributed by atoms with E-state index >= 15 is 0 Å². The standard InChI is InChI=1S/C15H13BrF3N/c1-8-6-7-11(17)12(13(8)18)15(20-2)9-4-3-5-10(16)14(9)19/h3-7,15,20H,1-2H3. The van der Waals surface area contributed by atoms with Crippen LogP contribution >= 0.6 is 15.9 Å². The lowest BCUT2D eigenvalue weighted by atomic mass is 9.95. The van der Waals surface area contributed by atoms with Crippen molar-refractivity contribution in [3.05, 3.63) is 68.9 Å². The fourth-order valence-corrected chi connectivity index (χ4v) is 2.52. The predicted molar refractivity (Wildman–Crippen MR) is 76.1 cm³/mol. The summed E-state index contributed by atoms with van der Waals surface area (Å²) in [5.74, 6) is -1.90. The van der Waals surface area contributed by atoms with Gasteiger partial charge < -0.3 is 5.32 Å². The van der Waals surface area contributed by atoms with E-state index in [2.05, 4.69) is 21.2 Å². The Hall–Kier alpha value is -1.33. The molecule has 0 fully saturated rings. The summed E-state index contributed by atoms with van der Waals surface area (Å²) in [4.78, 5) is 0. The molecule has 0 aromatic heterocycles. The Labute approximate surface area is 123 Å². The molecule has 0 aliphatic carbocycles. The van der Waals surface area contributed by atoms with Crippen molar-refractivity contribution in [1.82, 2.24) is 5.32 Å². The van der Waals surface area contributed by atoms with Gasteiger partial charge in [0.2, 0.25) is 0 Å². The highest BCUT2D eigenvalue weighted by molar-refractivity contribution is 9.10. The lowest BCUT2D eigenvalue weighted by Crippen LogP contribution is -2.22. The quantitative estimate of drug-likeness (QED) is 0.866. The van der Waals surface area contributed by atoms with E-state index in [-0.39, 0.29) is 15.6 Å². The van der Waals surface area contributed by atoms with Crippen molar-refractivity contribution < 1.29 is 13.2 Å². The molecule has 0 saturated carbocycles. The van der Waals surface area contributed by atoms with Crippen molar-refractivity contribution in [2.45, 2.75) is 13.0 Å². The molecule has 5 heteroatoms. The minimum absolute atomic E-state index is 0.176. The zero-order chi connectivity index (χ0) is 14.9. The molecule has 0 amide bonds. The molecular weight excluding hydrogens is 331 g/mol. The zero-order valence-corrected chi connectivity index (χ0v) is 12.6. The van der Waals surface area contributed by atoms with Gasteiger partial charge in [0.15, 0.2) is 0 Å². The van der Waals surface area contributed by atoms with Gasteiger partial charge in [-0.25, -0.2) is 13.2 Å². The maximum Gasteiger partial charge on any atom is 0.142 e. The highest BCUT2D eigenvalue weighted by atomic mass is 79.9. The van der Waals surface area contributed by atoms with Gasteiger partial charge in [-0.3, -0.25) is 0 Å². The summed E-state index contributed by atoms with van der Waals surface area (Å²) in [6.07, 6.45) is 0. The van der Waals surface area contributed by atoms with Crippen LogP contribution in [0.5, 0.6) is 0 Å². The monoisotopic (exact) mass is 343 g/mol. The van der Waals surface area contributed by atoms with Crippen LogP contribution in [-0.2, 0) is 0 Å². The molecule has 0 radical (unpaired) electrons. The normalized spacial score (nSPS) is 12.5. The molecule has 2 aromatic carbocycles. The van der Waals surface area contributed by atoms with E-state index in [4.69, 9.17) is 0 Å². The largest absolute Gasteiger partial charge is 0.309 e. The molecule has 1 nitrogen and oxygen atoms in total. The van der Waals surface area contributed by atoms with E-state index in [9.17, 15) is 13.2 Å². The highest BCUT2D eigenvalue weighted by Crippen LogP contribution is 2.31. The molecule has 0 spiro atoms. The number of benzene rings is 2. The lowest BCUT2D eigenvalue weighted by Gasteiger charge is -2.20. The maximum absolute atomic E-state index is 14.2. The number of aryl methyl sites for hydroxylation is 1.